The Morgan fingerprint density at radius 1 is 0.486 bits per heavy atom. The van der Waals surface area contributed by atoms with Crippen LogP contribution in [0.1, 0.15) is 115 Å². The number of carbonyl (C=O) groups is 6. The van der Waals surface area contributed by atoms with Gasteiger partial charge in [0.25, 0.3) is 0 Å². The van der Waals surface area contributed by atoms with Crippen molar-refractivity contribution < 1.29 is 57.2 Å². The largest absolute Gasteiger partial charge is 0.459 e. The fourth-order valence-electron chi connectivity index (χ4n) is 6.46. The molecule has 3 atom stereocenters. The normalized spacial score (nSPS) is 12.6. The van der Waals surface area contributed by atoms with E-state index in [9.17, 15) is 28.8 Å². The highest BCUT2D eigenvalue weighted by Crippen LogP contribution is 2.20. The molecule has 3 N–H and O–H groups in total. The van der Waals surface area contributed by atoms with Crippen LogP contribution in [0, 0.1) is 11.8 Å². The molecule has 0 saturated carbocycles. The average molecular weight is 963 g/mol. The van der Waals surface area contributed by atoms with Crippen LogP contribution >= 0.6 is 0 Å². The van der Waals surface area contributed by atoms with E-state index in [0.29, 0.717) is 16.7 Å². The summed E-state index contributed by atoms with van der Waals surface area (Å²) < 4.78 is 33.4. The molecule has 3 aromatic carbocycles. The van der Waals surface area contributed by atoms with Crippen LogP contribution in [0.5, 0.6) is 0 Å². The molecule has 1 heterocycles. The average Bonchev–Trinajstić information content (AvgIpc) is 3.28. The Morgan fingerprint density at radius 3 is 1.13 bits per heavy atom. The van der Waals surface area contributed by atoms with Crippen molar-refractivity contribution >= 4 is 36.2 Å². The van der Waals surface area contributed by atoms with Gasteiger partial charge in [-0.15, -0.1) is 0 Å². The number of hydrogen-bond donors (Lipinski definition) is 3. The van der Waals surface area contributed by atoms with Gasteiger partial charge in [0.1, 0.15) is 54.7 Å². The molecule has 16 nitrogen and oxygen atoms in total. The van der Waals surface area contributed by atoms with Gasteiger partial charge in [0.05, 0.1) is 0 Å². The third-order valence-corrected chi connectivity index (χ3v) is 9.63. The summed E-state index contributed by atoms with van der Waals surface area (Å²) in [5.41, 5.74) is 1.11. The number of nitrogens with one attached hydrogen (secondary N) is 3. The number of alkyl carbamates (subject to hydrolysis) is 3. The topological polar surface area (TPSA) is 207 Å². The Hall–Kier alpha value is -7.41. The van der Waals surface area contributed by atoms with Crippen molar-refractivity contribution in [2.45, 2.75) is 149 Å². The van der Waals surface area contributed by atoms with Gasteiger partial charge in [0, 0.05) is 24.4 Å². The minimum atomic E-state index is -1.26. The Kier molecular flexibility index (Phi) is 20.8. The van der Waals surface area contributed by atoms with E-state index in [2.05, 4.69) is 32.8 Å². The van der Waals surface area contributed by atoms with E-state index in [1.807, 2.05) is 54.6 Å². The number of rotatable bonds is 19. The molecule has 4 aromatic rings. The van der Waals surface area contributed by atoms with E-state index in [4.69, 9.17) is 28.4 Å². The molecule has 0 aliphatic carbocycles. The monoisotopic (exact) mass is 962 g/mol. The first-order chi connectivity index (χ1) is 33.0. The van der Waals surface area contributed by atoms with Gasteiger partial charge >= 0.3 is 36.2 Å². The molecule has 70 heavy (non-hydrogen) atoms. The van der Waals surface area contributed by atoms with Crippen LogP contribution in [-0.2, 0) is 75.5 Å². The Labute approximate surface area is 410 Å². The number of nitrogens with zero attached hydrogens (tertiary/aromatic N) is 1. The number of esters is 3. The van der Waals surface area contributed by atoms with Crippen molar-refractivity contribution in [2.24, 2.45) is 0 Å². The maximum absolute atomic E-state index is 13.7. The van der Waals surface area contributed by atoms with Crippen molar-refractivity contribution in [3.8, 4) is 11.8 Å². The van der Waals surface area contributed by atoms with Gasteiger partial charge < -0.3 is 44.4 Å². The molecule has 3 amide bonds. The minimum absolute atomic E-state index is 0.00987. The lowest BCUT2D eigenvalue weighted by molar-refractivity contribution is -0.148. The Balaban J connectivity index is 1.71. The molecule has 4 rings (SSSR count). The van der Waals surface area contributed by atoms with Crippen LogP contribution in [0.4, 0.5) is 14.4 Å². The number of aromatic nitrogens is 1. The molecule has 0 aliphatic heterocycles. The molecule has 1 aromatic heterocycles. The number of carbonyl (C=O) groups excluding carboxylic acids is 6. The maximum atomic E-state index is 13.7. The number of hydrogen-bond acceptors (Lipinski definition) is 13. The zero-order chi connectivity index (χ0) is 51.3. The lowest BCUT2D eigenvalue weighted by atomic mass is 9.95. The summed E-state index contributed by atoms with van der Waals surface area (Å²) in [6.07, 6.45) is 0.630. The molecule has 0 unspecified atom stereocenters. The van der Waals surface area contributed by atoms with E-state index in [1.165, 1.54) is 0 Å². The van der Waals surface area contributed by atoms with Crippen molar-refractivity contribution in [3.63, 3.8) is 0 Å². The first-order valence-electron chi connectivity index (χ1n) is 23.1. The molecule has 0 spiro atoms. The molecular formula is C54H66N4O12. The van der Waals surface area contributed by atoms with Gasteiger partial charge in [-0.3, -0.25) is 4.98 Å². The molecule has 0 fully saturated rings. The van der Waals surface area contributed by atoms with E-state index in [-0.39, 0.29) is 51.9 Å². The highest BCUT2D eigenvalue weighted by molar-refractivity contribution is 5.83. The number of pyridine rings is 1. The van der Waals surface area contributed by atoms with Crippen molar-refractivity contribution in [3.05, 3.63) is 137 Å². The third-order valence-electron chi connectivity index (χ3n) is 9.63. The number of ether oxygens (including phenoxy) is 6. The van der Waals surface area contributed by atoms with E-state index >= 15 is 0 Å². The number of aryl methyl sites for hydroxylation is 2. The second kappa shape index (κ2) is 26.4. The third kappa shape index (κ3) is 21.3. The van der Waals surface area contributed by atoms with Gasteiger partial charge in [-0.2, -0.15) is 0 Å². The van der Waals surface area contributed by atoms with Crippen LogP contribution in [-0.4, -0.2) is 76.1 Å². The van der Waals surface area contributed by atoms with Gasteiger partial charge in [0.2, 0.25) is 0 Å². The fraction of sp³-hybridized carbons (Fsp3) is 0.426. The van der Waals surface area contributed by atoms with Gasteiger partial charge in [-0.05, 0) is 116 Å². The summed E-state index contributed by atoms with van der Waals surface area (Å²) in [6.45, 7) is 15.1. The zero-order valence-electron chi connectivity index (χ0n) is 41.6. The molecule has 0 bridgehead atoms. The van der Waals surface area contributed by atoms with Crippen molar-refractivity contribution in [2.75, 3.05) is 0 Å². The Morgan fingerprint density at radius 2 is 0.800 bits per heavy atom. The zero-order valence-corrected chi connectivity index (χ0v) is 41.6. The first-order valence-corrected chi connectivity index (χ1v) is 23.1. The summed E-state index contributed by atoms with van der Waals surface area (Å²) in [6, 6.07) is 23.6. The van der Waals surface area contributed by atoms with Crippen LogP contribution in [0.15, 0.2) is 103 Å². The predicted octanol–water partition coefficient (Wildman–Crippen LogP) is 8.60. The predicted molar refractivity (Wildman–Crippen MR) is 261 cm³/mol. The quantitative estimate of drug-likeness (QED) is 0.0458. The van der Waals surface area contributed by atoms with Crippen LogP contribution in [0.3, 0.4) is 0 Å². The minimum Gasteiger partial charge on any atom is -0.459 e. The molecular weight excluding hydrogens is 897 g/mol. The van der Waals surface area contributed by atoms with Crippen LogP contribution < -0.4 is 16.0 Å². The lowest BCUT2D eigenvalue weighted by Gasteiger charge is -2.23. The van der Waals surface area contributed by atoms with Crippen LogP contribution in [0.2, 0.25) is 0 Å². The SMILES string of the molecule is CC(C)(C)OC(=O)N[C@@H](CC#Cc1c(CC[C@H](NC(=O)OC(C)(C)C)C(=O)OCc2ccccc2)cncc1CC[C@H](NC(=O)OC(C)(C)C)C(=O)OCc1ccccc1)C(=O)OCc1ccccc1. The van der Waals surface area contributed by atoms with E-state index in [0.717, 1.165) is 16.7 Å². The van der Waals surface area contributed by atoms with E-state index < -0.39 is 71.1 Å². The second-order valence-electron chi connectivity index (χ2n) is 19.3. The standard InChI is InChI=1S/C54H66N4O12/c1-52(2,3)68-49(62)56-43(46(59)65-34-37-20-13-10-14-21-37)27-19-26-42-40(28-30-44(57-50(63)69-53(4,5)6)47(60)66-35-38-22-15-11-16-23-38)32-55-33-41(42)29-31-45(58-51(64)70-54(7,8)9)48(61)67-36-39-24-17-12-18-25-39/h10-18,20-25,32-33,43-45H,27-31,34-36H2,1-9H3,(H,56,62)(H,57,63)(H,58,64)/t43-,44-,45-/m0/s1. The first kappa shape index (κ1) is 55.2. The van der Waals surface area contributed by atoms with Gasteiger partial charge in [0.15, 0.2) is 0 Å². The van der Waals surface area contributed by atoms with Gasteiger partial charge in [-0.25, -0.2) is 28.8 Å². The Bertz CT molecular complexity index is 2300. The fourth-order valence-corrected chi connectivity index (χ4v) is 6.46. The highest BCUT2D eigenvalue weighted by Gasteiger charge is 2.29. The highest BCUT2D eigenvalue weighted by atomic mass is 16.6. The molecule has 0 saturated heterocycles. The summed E-state index contributed by atoms with van der Waals surface area (Å²) in [5, 5.41) is 7.90. The maximum Gasteiger partial charge on any atom is 0.408 e. The number of benzene rings is 3. The van der Waals surface area contributed by atoms with Crippen molar-refractivity contribution in [1.82, 2.24) is 20.9 Å². The molecule has 0 aliphatic rings. The van der Waals surface area contributed by atoms with E-state index in [1.54, 1.807) is 111 Å². The molecule has 16 heteroatoms. The lowest BCUT2D eigenvalue weighted by Crippen LogP contribution is -2.44. The summed E-state index contributed by atoms with van der Waals surface area (Å²) in [7, 11) is 0. The molecule has 0 radical (unpaired) electrons. The number of amides is 3. The second-order valence-corrected chi connectivity index (χ2v) is 19.3. The molecule has 374 valence electrons. The van der Waals surface area contributed by atoms with Crippen molar-refractivity contribution in [1.29, 1.82) is 0 Å². The summed E-state index contributed by atoms with van der Waals surface area (Å²) in [4.78, 5) is 84.5. The smallest absolute Gasteiger partial charge is 0.408 e. The summed E-state index contributed by atoms with van der Waals surface area (Å²) in [5.74, 6) is 4.02. The summed E-state index contributed by atoms with van der Waals surface area (Å²) >= 11 is 0. The van der Waals surface area contributed by atoms with Gasteiger partial charge in [-0.1, -0.05) is 103 Å². The van der Waals surface area contributed by atoms with Crippen LogP contribution in [0.25, 0.3) is 0 Å².